The average Bonchev–Trinajstić information content (AvgIpc) is 2.84. The standard InChI is InChI=1S/C10H13F3N2O3/c11-10(12,13)5-17-4-8-14-9(18-15-8)6-2-1-3-7(6)16/h6-7,16H,1-5H2. The van der Waals surface area contributed by atoms with Gasteiger partial charge in [0, 0.05) is 0 Å². The highest BCUT2D eigenvalue weighted by Crippen LogP contribution is 2.33. The number of alkyl halides is 3. The van der Waals surface area contributed by atoms with E-state index < -0.39 is 18.9 Å². The van der Waals surface area contributed by atoms with Gasteiger partial charge in [-0.05, 0) is 19.3 Å². The summed E-state index contributed by atoms with van der Waals surface area (Å²) in [6.07, 6.45) is -2.60. The lowest BCUT2D eigenvalue weighted by Gasteiger charge is -2.07. The second-order valence-corrected chi connectivity index (χ2v) is 4.26. The summed E-state index contributed by atoms with van der Waals surface area (Å²) in [5, 5.41) is 13.2. The summed E-state index contributed by atoms with van der Waals surface area (Å²) in [4.78, 5) is 3.93. The van der Waals surface area contributed by atoms with Gasteiger partial charge >= 0.3 is 6.18 Å². The number of hydrogen-bond donors (Lipinski definition) is 1. The van der Waals surface area contributed by atoms with Gasteiger partial charge in [0.15, 0.2) is 5.82 Å². The van der Waals surface area contributed by atoms with Gasteiger partial charge in [0.2, 0.25) is 5.89 Å². The van der Waals surface area contributed by atoms with Crippen molar-refractivity contribution in [3.05, 3.63) is 11.7 Å². The average molecular weight is 266 g/mol. The van der Waals surface area contributed by atoms with Gasteiger partial charge in [-0.25, -0.2) is 0 Å². The lowest BCUT2D eigenvalue weighted by atomic mass is 10.1. The molecule has 0 aromatic carbocycles. The lowest BCUT2D eigenvalue weighted by Crippen LogP contribution is -2.17. The van der Waals surface area contributed by atoms with Gasteiger partial charge in [-0.15, -0.1) is 0 Å². The normalized spacial score (nSPS) is 24.7. The SMILES string of the molecule is OC1CCCC1c1nc(COCC(F)(F)F)no1. The van der Waals surface area contributed by atoms with Gasteiger partial charge in [-0.3, -0.25) is 0 Å². The molecule has 1 heterocycles. The number of aliphatic hydroxyl groups is 1. The molecule has 0 spiro atoms. The van der Waals surface area contributed by atoms with Gasteiger partial charge in [-0.2, -0.15) is 18.2 Å². The maximum atomic E-state index is 11.8. The molecule has 0 aliphatic heterocycles. The molecule has 0 saturated heterocycles. The topological polar surface area (TPSA) is 68.4 Å². The zero-order chi connectivity index (χ0) is 13.2. The molecular formula is C10H13F3N2O3. The largest absolute Gasteiger partial charge is 0.411 e. The molecule has 1 saturated carbocycles. The Morgan fingerprint density at radius 3 is 2.78 bits per heavy atom. The van der Waals surface area contributed by atoms with Crippen molar-refractivity contribution in [2.24, 2.45) is 0 Å². The molecule has 1 aliphatic rings. The lowest BCUT2D eigenvalue weighted by molar-refractivity contribution is -0.177. The Morgan fingerprint density at radius 2 is 2.17 bits per heavy atom. The van der Waals surface area contributed by atoms with Crippen LogP contribution in [0.5, 0.6) is 0 Å². The van der Waals surface area contributed by atoms with Gasteiger partial charge in [0.05, 0.1) is 12.0 Å². The van der Waals surface area contributed by atoms with Crippen LogP contribution in [0.2, 0.25) is 0 Å². The minimum atomic E-state index is -4.37. The van der Waals surface area contributed by atoms with Crippen LogP contribution in [0, 0.1) is 0 Å². The van der Waals surface area contributed by atoms with Crippen LogP contribution in [0.3, 0.4) is 0 Å². The molecule has 2 rings (SSSR count). The van der Waals surface area contributed by atoms with E-state index in [1.54, 1.807) is 0 Å². The molecule has 102 valence electrons. The quantitative estimate of drug-likeness (QED) is 0.899. The Balaban J connectivity index is 1.86. The van der Waals surface area contributed by atoms with Crippen LogP contribution in [-0.4, -0.2) is 34.1 Å². The van der Waals surface area contributed by atoms with Gasteiger partial charge in [0.1, 0.15) is 13.2 Å². The summed E-state index contributed by atoms with van der Waals surface area (Å²) in [6, 6.07) is 0. The molecule has 1 N–H and O–H groups in total. The van der Waals surface area contributed by atoms with E-state index in [1.165, 1.54) is 0 Å². The molecule has 1 aliphatic carbocycles. The monoisotopic (exact) mass is 266 g/mol. The van der Waals surface area contributed by atoms with Crippen molar-refractivity contribution in [2.45, 2.75) is 44.1 Å². The van der Waals surface area contributed by atoms with Crippen molar-refractivity contribution in [1.82, 2.24) is 10.1 Å². The molecule has 2 atom stereocenters. The number of hydrogen-bond acceptors (Lipinski definition) is 5. The fourth-order valence-corrected chi connectivity index (χ4v) is 1.96. The fourth-order valence-electron chi connectivity index (χ4n) is 1.96. The first-order valence-electron chi connectivity index (χ1n) is 5.61. The first-order valence-corrected chi connectivity index (χ1v) is 5.61. The highest BCUT2D eigenvalue weighted by molar-refractivity contribution is 4.99. The Morgan fingerprint density at radius 1 is 1.39 bits per heavy atom. The van der Waals surface area contributed by atoms with E-state index in [0.717, 1.165) is 12.8 Å². The summed E-state index contributed by atoms with van der Waals surface area (Å²) in [5.74, 6) is 0.118. The molecule has 8 heteroatoms. The third-order valence-corrected chi connectivity index (χ3v) is 2.78. The minimum Gasteiger partial charge on any atom is -0.392 e. The number of rotatable bonds is 4. The van der Waals surface area contributed by atoms with E-state index in [9.17, 15) is 18.3 Å². The van der Waals surface area contributed by atoms with E-state index in [-0.39, 0.29) is 24.2 Å². The zero-order valence-electron chi connectivity index (χ0n) is 9.48. The molecular weight excluding hydrogens is 253 g/mol. The summed E-state index contributed by atoms with van der Waals surface area (Å²) >= 11 is 0. The van der Waals surface area contributed by atoms with Crippen molar-refractivity contribution in [2.75, 3.05) is 6.61 Å². The third-order valence-electron chi connectivity index (χ3n) is 2.78. The Hall–Kier alpha value is -1.15. The molecule has 0 bridgehead atoms. The zero-order valence-corrected chi connectivity index (χ0v) is 9.48. The molecule has 0 amide bonds. The van der Waals surface area contributed by atoms with Crippen LogP contribution in [0.4, 0.5) is 13.2 Å². The fraction of sp³-hybridized carbons (Fsp3) is 0.800. The Kier molecular flexibility index (Phi) is 3.86. The predicted octanol–water partition coefficient (Wildman–Crippen LogP) is 1.78. The van der Waals surface area contributed by atoms with Gasteiger partial charge < -0.3 is 14.4 Å². The van der Waals surface area contributed by atoms with E-state index >= 15 is 0 Å². The summed E-state index contributed by atoms with van der Waals surface area (Å²) in [6.45, 7) is -1.70. The molecule has 1 aromatic rings. The van der Waals surface area contributed by atoms with Crippen LogP contribution in [0.1, 0.15) is 36.9 Å². The number of nitrogens with zero attached hydrogens (tertiary/aromatic N) is 2. The molecule has 5 nitrogen and oxygen atoms in total. The molecule has 1 aromatic heterocycles. The second kappa shape index (κ2) is 5.23. The molecule has 18 heavy (non-hydrogen) atoms. The number of ether oxygens (including phenoxy) is 1. The highest BCUT2D eigenvalue weighted by Gasteiger charge is 2.32. The minimum absolute atomic E-state index is 0.0633. The molecule has 1 fully saturated rings. The molecule has 2 unspecified atom stereocenters. The van der Waals surface area contributed by atoms with Crippen LogP contribution in [0.25, 0.3) is 0 Å². The maximum absolute atomic E-state index is 11.8. The van der Waals surface area contributed by atoms with Crippen LogP contribution in [-0.2, 0) is 11.3 Å². The van der Waals surface area contributed by atoms with Crippen molar-refractivity contribution < 1.29 is 27.5 Å². The van der Waals surface area contributed by atoms with Crippen molar-refractivity contribution >= 4 is 0 Å². The van der Waals surface area contributed by atoms with Gasteiger partial charge in [0.25, 0.3) is 0 Å². The van der Waals surface area contributed by atoms with Crippen LogP contribution < -0.4 is 0 Å². The Labute approximate surface area is 101 Å². The smallest absolute Gasteiger partial charge is 0.392 e. The van der Waals surface area contributed by atoms with E-state index in [4.69, 9.17) is 4.52 Å². The van der Waals surface area contributed by atoms with Crippen molar-refractivity contribution in [1.29, 1.82) is 0 Å². The van der Waals surface area contributed by atoms with Crippen LogP contribution >= 0.6 is 0 Å². The van der Waals surface area contributed by atoms with Gasteiger partial charge in [-0.1, -0.05) is 5.16 Å². The van der Waals surface area contributed by atoms with Crippen LogP contribution in [0.15, 0.2) is 4.52 Å². The van der Waals surface area contributed by atoms with E-state index in [2.05, 4.69) is 14.9 Å². The first kappa shape index (κ1) is 13.3. The maximum Gasteiger partial charge on any atom is 0.411 e. The number of aromatic nitrogens is 2. The summed E-state index contributed by atoms with van der Waals surface area (Å²) < 4.78 is 44.8. The highest BCUT2D eigenvalue weighted by atomic mass is 19.4. The summed E-state index contributed by atoms with van der Waals surface area (Å²) in [5.41, 5.74) is 0. The Bertz CT molecular complexity index is 394. The summed E-state index contributed by atoms with van der Waals surface area (Å²) in [7, 11) is 0. The number of aliphatic hydroxyl groups excluding tert-OH is 1. The predicted molar refractivity (Wildman–Crippen MR) is 52.6 cm³/mol. The van der Waals surface area contributed by atoms with Crippen molar-refractivity contribution in [3.63, 3.8) is 0 Å². The van der Waals surface area contributed by atoms with Crippen molar-refractivity contribution in [3.8, 4) is 0 Å². The third kappa shape index (κ3) is 3.42. The second-order valence-electron chi connectivity index (χ2n) is 4.26. The van der Waals surface area contributed by atoms with E-state index in [1.807, 2.05) is 0 Å². The number of halogens is 3. The van der Waals surface area contributed by atoms with E-state index in [0.29, 0.717) is 6.42 Å². The first-order chi connectivity index (χ1) is 8.46. The molecule has 0 radical (unpaired) electrons.